The van der Waals surface area contributed by atoms with E-state index in [0.29, 0.717) is 12.1 Å². The van der Waals surface area contributed by atoms with E-state index in [-0.39, 0.29) is 0 Å². The molecule has 2 heterocycles. The predicted octanol–water partition coefficient (Wildman–Crippen LogP) is 2.76. The van der Waals surface area contributed by atoms with Gasteiger partial charge in [-0.15, -0.1) is 0 Å². The summed E-state index contributed by atoms with van der Waals surface area (Å²) in [6.07, 6.45) is 3.81. The van der Waals surface area contributed by atoms with Crippen LogP contribution in [0.15, 0.2) is 0 Å². The van der Waals surface area contributed by atoms with Crippen LogP contribution in [0, 0.1) is 17.8 Å². The highest BCUT2D eigenvalue weighted by Crippen LogP contribution is 2.23. The molecule has 20 heavy (non-hydrogen) atoms. The quantitative estimate of drug-likeness (QED) is 0.839. The third-order valence-corrected chi connectivity index (χ3v) is 4.90. The molecule has 0 aromatic rings. The molecular formula is C17H34N2O. The van der Waals surface area contributed by atoms with E-state index >= 15 is 0 Å². The minimum Gasteiger partial charge on any atom is -0.381 e. The van der Waals surface area contributed by atoms with Crippen LogP contribution in [0.4, 0.5) is 0 Å². The topological polar surface area (TPSA) is 24.5 Å². The van der Waals surface area contributed by atoms with Gasteiger partial charge in [-0.25, -0.2) is 0 Å². The molecule has 2 fully saturated rings. The van der Waals surface area contributed by atoms with E-state index in [4.69, 9.17) is 4.74 Å². The first kappa shape index (κ1) is 16.3. The van der Waals surface area contributed by atoms with Crippen LogP contribution in [0.5, 0.6) is 0 Å². The van der Waals surface area contributed by atoms with Gasteiger partial charge in [-0.05, 0) is 37.0 Å². The summed E-state index contributed by atoms with van der Waals surface area (Å²) in [6, 6.07) is 1.39. The summed E-state index contributed by atoms with van der Waals surface area (Å²) < 4.78 is 5.51. The standard InChI is InChI=1S/C17H34N2O/c1-13(2)9-16-12-19(17(10-18-16)14(3)4)11-15-5-7-20-8-6-15/h13-18H,5-12H2,1-4H3. The second-order valence-electron chi connectivity index (χ2n) is 7.56. The summed E-state index contributed by atoms with van der Waals surface area (Å²) in [7, 11) is 0. The molecule has 0 aromatic heterocycles. The summed E-state index contributed by atoms with van der Waals surface area (Å²) in [5, 5.41) is 3.78. The van der Waals surface area contributed by atoms with Crippen molar-refractivity contribution in [3.05, 3.63) is 0 Å². The minimum absolute atomic E-state index is 0.685. The lowest BCUT2D eigenvalue weighted by Crippen LogP contribution is -2.59. The number of rotatable bonds is 5. The minimum atomic E-state index is 0.685. The zero-order valence-corrected chi connectivity index (χ0v) is 13.9. The molecule has 3 heteroatoms. The first-order valence-corrected chi connectivity index (χ1v) is 8.61. The molecule has 0 aliphatic carbocycles. The lowest BCUT2D eigenvalue weighted by Gasteiger charge is -2.44. The lowest BCUT2D eigenvalue weighted by molar-refractivity contribution is 0.0258. The molecule has 0 radical (unpaired) electrons. The molecule has 0 aromatic carbocycles. The van der Waals surface area contributed by atoms with Crippen LogP contribution in [-0.4, -0.2) is 49.8 Å². The molecule has 2 rings (SSSR count). The van der Waals surface area contributed by atoms with E-state index in [1.165, 1.54) is 32.4 Å². The SMILES string of the molecule is CC(C)CC1CN(CC2CCOCC2)C(C(C)C)CN1. The van der Waals surface area contributed by atoms with E-state index in [0.717, 1.165) is 37.5 Å². The van der Waals surface area contributed by atoms with Gasteiger partial charge in [0.25, 0.3) is 0 Å². The average molecular weight is 282 g/mol. The van der Waals surface area contributed by atoms with Crippen molar-refractivity contribution in [2.24, 2.45) is 17.8 Å². The van der Waals surface area contributed by atoms with Gasteiger partial charge >= 0.3 is 0 Å². The van der Waals surface area contributed by atoms with Crippen LogP contribution < -0.4 is 5.32 Å². The van der Waals surface area contributed by atoms with E-state index in [1.807, 2.05) is 0 Å². The molecule has 2 aliphatic heterocycles. The average Bonchev–Trinajstić information content (AvgIpc) is 2.39. The number of nitrogens with zero attached hydrogens (tertiary/aromatic N) is 1. The van der Waals surface area contributed by atoms with Gasteiger partial charge in [0.1, 0.15) is 0 Å². The molecule has 2 saturated heterocycles. The van der Waals surface area contributed by atoms with Crippen molar-refractivity contribution in [3.63, 3.8) is 0 Å². The number of hydrogen-bond acceptors (Lipinski definition) is 3. The van der Waals surface area contributed by atoms with Crippen molar-refractivity contribution >= 4 is 0 Å². The number of hydrogen-bond donors (Lipinski definition) is 1. The summed E-state index contributed by atoms with van der Waals surface area (Å²) in [5.41, 5.74) is 0. The Morgan fingerprint density at radius 1 is 1.15 bits per heavy atom. The van der Waals surface area contributed by atoms with Gasteiger partial charge in [-0.1, -0.05) is 27.7 Å². The first-order chi connectivity index (χ1) is 9.56. The van der Waals surface area contributed by atoms with Crippen LogP contribution in [-0.2, 0) is 4.74 Å². The highest BCUT2D eigenvalue weighted by atomic mass is 16.5. The first-order valence-electron chi connectivity index (χ1n) is 8.61. The third-order valence-electron chi connectivity index (χ3n) is 4.90. The summed E-state index contributed by atoms with van der Waals surface area (Å²) in [4.78, 5) is 2.78. The second kappa shape index (κ2) is 7.77. The Labute approximate surface area is 125 Å². The molecule has 2 unspecified atom stereocenters. The summed E-state index contributed by atoms with van der Waals surface area (Å²) >= 11 is 0. The maximum atomic E-state index is 5.51. The van der Waals surface area contributed by atoms with Crippen molar-refractivity contribution in [3.8, 4) is 0 Å². The predicted molar refractivity (Wildman–Crippen MR) is 85.0 cm³/mol. The van der Waals surface area contributed by atoms with Crippen LogP contribution in [0.2, 0.25) is 0 Å². The zero-order chi connectivity index (χ0) is 14.5. The Hall–Kier alpha value is -0.120. The van der Waals surface area contributed by atoms with E-state index in [2.05, 4.69) is 37.9 Å². The van der Waals surface area contributed by atoms with E-state index in [9.17, 15) is 0 Å². The number of piperazine rings is 1. The van der Waals surface area contributed by atoms with Crippen LogP contribution in [0.1, 0.15) is 47.0 Å². The second-order valence-corrected chi connectivity index (χ2v) is 7.56. The van der Waals surface area contributed by atoms with Gasteiger partial charge in [0.2, 0.25) is 0 Å². The van der Waals surface area contributed by atoms with Gasteiger partial charge in [0.15, 0.2) is 0 Å². The van der Waals surface area contributed by atoms with Crippen molar-refractivity contribution in [1.29, 1.82) is 0 Å². The molecule has 0 spiro atoms. The Kier molecular flexibility index (Phi) is 6.31. The van der Waals surface area contributed by atoms with Crippen LogP contribution in [0.3, 0.4) is 0 Å². The fourth-order valence-corrected chi connectivity index (χ4v) is 3.75. The van der Waals surface area contributed by atoms with E-state index in [1.54, 1.807) is 0 Å². The van der Waals surface area contributed by atoms with Crippen molar-refractivity contribution in [1.82, 2.24) is 10.2 Å². The maximum absolute atomic E-state index is 5.51. The summed E-state index contributed by atoms with van der Waals surface area (Å²) in [5.74, 6) is 2.37. The van der Waals surface area contributed by atoms with Gasteiger partial charge in [-0.3, -0.25) is 4.90 Å². The molecule has 3 nitrogen and oxygen atoms in total. The van der Waals surface area contributed by atoms with Crippen molar-refractivity contribution in [2.45, 2.75) is 59.0 Å². The normalized spacial score (nSPS) is 30.3. The van der Waals surface area contributed by atoms with E-state index < -0.39 is 0 Å². The molecule has 0 amide bonds. The molecule has 1 N–H and O–H groups in total. The van der Waals surface area contributed by atoms with Crippen molar-refractivity contribution < 1.29 is 4.74 Å². The fourth-order valence-electron chi connectivity index (χ4n) is 3.75. The lowest BCUT2D eigenvalue weighted by atomic mass is 9.92. The Balaban J connectivity index is 1.91. The van der Waals surface area contributed by atoms with Crippen molar-refractivity contribution in [2.75, 3.05) is 32.8 Å². The zero-order valence-electron chi connectivity index (χ0n) is 13.9. The summed E-state index contributed by atoms with van der Waals surface area (Å²) in [6.45, 7) is 15.0. The molecule has 0 saturated carbocycles. The largest absolute Gasteiger partial charge is 0.381 e. The van der Waals surface area contributed by atoms with Crippen LogP contribution >= 0.6 is 0 Å². The van der Waals surface area contributed by atoms with Gasteiger partial charge in [-0.2, -0.15) is 0 Å². The molecular weight excluding hydrogens is 248 g/mol. The Morgan fingerprint density at radius 2 is 1.85 bits per heavy atom. The van der Waals surface area contributed by atoms with Gasteiger partial charge in [0, 0.05) is 44.9 Å². The Morgan fingerprint density at radius 3 is 2.45 bits per heavy atom. The number of nitrogens with one attached hydrogen (secondary N) is 1. The fraction of sp³-hybridized carbons (Fsp3) is 1.00. The Bertz CT molecular complexity index is 274. The molecule has 0 bridgehead atoms. The smallest absolute Gasteiger partial charge is 0.0469 e. The molecule has 118 valence electrons. The van der Waals surface area contributed by atoms with Gasteiger partial charge in [0.05, 0.1) is 0 Å². The highest BCUT2D eigenvalue weighted by molar-refractivity contribution is 4.89. The monoisotopic (exact) mass is 282 g/mol. The third kappa shape index (κ3) is 4.71. The van der Waals surface area contributed by atoms with Gasteiger partial charge < -0.3 is 10.1 Å². The number of ether oxygens (including phenoxy) is 1. The highest BCUT2D eigenvalue weighted by Gasteiger charge is 2.31. The molecule has 2 aliphatic rings. The van der Waals surface area contributed by atoms with Crippen LogP contribution in [0.25, 0.3) is 0 Å². The molecule has 2 atom stereocenters. The maximum Gasteiger partial charge on any atom is 0.0469 e.